The quantitative estimate of drug-likeness (QED) is 0.718. The first-order chi connectivity index (χ1) is 10.4. The van der Waals surface area contributed by atoms with E-state index < -0.39 is 17.9 Å². The van der Waals surface area contributed by atoms with Crippen LogP contribution < -0.4 is 14.8 Å². The van der Waals surface area contributed by atoms with Crippen molar-refractivity contribution in [1.82, 2.24) is 5.32 Å². The number of carbonyl (C=O) groups is 2. The Morgan fingerprint density at radius 3 is 2.55 bits per heavy atom. The lowest BCUT2D eigenvalue weighted by molar-refractivity contribution is -0.140. The van der Waals surface area contributed by atoms with Gasteiger partial charge in [-0.3, -0.25) is 4.79 Å². The van der Waals surface area contributed by atoms with Crippen LogP contribution in [0.1, 0.15) is 24.2 Å². The van der Waals surface area contributed by atoms with Crippen molar-refractivity contribution in [3.05, 3.63) is 36.4 Å². The molecule has 0 bridgehead atoms. The van der Waals surface area contributed by atoms with E-state index >= 15 is 0 Å². The van der Waals surface area contributed by atoms with Crippen LogP contribution in [-0.4, -0.2) is 36.7 Å². The van der Waals surface area contributed by atoms with Gasteiger partial charge < -0.3 is 19.9 Å². The molecule has 0 spiro atoms. The topological polar surface area (TPSA) is 84.9 Å². The maximum Gasteiger partial charge on any atom is 0.326 e. The zero-order valence-electron chi connectivity index (χ0n) is 13.0. The predicted molar refractivity (Wildman–Crippen MR) is 82.4 cm³/mol. The molecule has 0 aliphatic heterocycles. The first-order valence-electron chi connectivity index (χ1n) is 6.86. The minimum atomic E-state index is -1.07. The Hall–Kier alpha value is -2.50. The fourth-order valence-electron chi connectivity index (χ4n) is 1.81. The molecule has 0 aliphatic rings. The van der Waals surface area contributed by atoms with E-state index in [1.165, 1.54) is 13.2 Å². The van der Waals surface area contributed by atoms with Crippen molar-refractivity contribution in [3.8, 4) is 11.5 Å². The Balaban J connectivity index is 2.94. The van der Waals surface area contributed by atoms with E-state index in [4.69, 9.17) is 14.6 Å². The third-order valence-corrected chi connectivity index (χ3v) is 3.00. The zero-order valence-corrected chi connectivity index (χ0v) is 13.0. The third-order valence-electron chi connectivity index (χ3n) is 3.00. The summed E-state index contributed by atoms with van der Waals surface area (Å²) < 4.78 is 10.6. The first kappa shape index (κ1) is 17.6. The number of carboxylic acids is 1. The van der Waals surface area contributed by atoms with Crippen molar-refractivity contribution in [2.45, 2.75) is 19.9 Å². The number of amides is 1. The molecule has 0 aromatic heterocycles. The van der Waals surface area contributed by atoms with E-state index in [0.717, 1.165) is 0 Å². The molecule has 1 aromatic carbocycles. The van der Waals surface area contributed by atoms with Gasteiger partial charge in [0.15, 0.2) is 11.5 Å². The summed E-state index contributed by atoms with van der Waals surface area (Å²) in [6.07, 6.45) is 1.60. The molecule has 0 radical (unpaired) electrons. The number of methoxy groups -OCH3 is 1. The summed E-state index contributed by atoms with van der Waals surface area (Å²) in [6.45, 7) is 7.33. The van der Waals surface area contributed by atoms with Crippen molar-refractivity contribution in [2.24, 2.45) is 5.92 Å². The molecule has 1 aromatic rings. The summed E-state index contributed by atoms with van der Waals surface area (Å²) in [6, 6.07) is 3.71. The van der Waals surface area contributed by atoms with Crippen LogP contribution in [-0.2, 0) is 4.79 Å². The van der Waals surface area contributed by atoms with Crippen LogP contribution in [0.25, 0.3) is 0 Å². The largest absolute Gasteiger partial charge is 0.493 e. The van der Waals surface area contributed by atoms with E-state index in [1.807, 2.05) is 0 Å². The van der Waals surface area contributed by atoms with E-state index in [1.54, 1.807) is 32.1 Å². The fourth-order valence-corrected chi connectivity index (χ4v) is 1.81. The molecule has 1 amide bonds. The van der Waals surface area contributed by atoms with Gasteiger partial charge in [0.1, 0.15) is 12.6 Å². The normalized spacial score (nSPS) is 11.6. The molecule has 0 aliphatic carbocycles. The summed E-state index contributed by atoms with van der Waals surface area (Å²) in [5, 5.41) is 11.6. The molecule has 22 heavy (non-hydrogen) atoms. The van der Waals surface area contributed by atoms with Crippen LogP contribution in [0, 0.1) is 5.92 Å². The van der Waals surface area contributed by atoms with Crippen molar-refractivity contribution in [1.29, 1.82) is 0 Å². The Morgan fingerprint density at radius 1 is 1.36 bits per heavy atom. The molecule has 1 rings (SSSR count). The van der Waals surface area contributed by atoms with Crippen LogP contribution in [0.15, 0.2) is 30.9 Å². The van der Waals surface area contributed by atoms with Crippen LogP contribution in [0.3, 0.4) is 0 Å². The van der Waals surface area contributed by atoms with Crippen LogP contribution in [0.2, 0.25) is 0 Å². The highest BCUT2D eigenvalue weighted by Gasteiger charge is 2.24. The highest BCUT2D eigenvalue weighted by Crippen LogP contribution is 2.28. The minimum Gasteiger partial charge on any atom is -0.493 e. The number of benzene rings is 1. The molecular weight excluding hydrogens is 286 g/mol. The SMILES string of the molecule is C=CCOc1ccc(C(=O)NC(C(=O)O)C(C)C)cc1OC. The molecule has 0 heterocycles. The van der Waals surface area contributed by atoms with Gasteiger partial charge in [-0.05, 0) is 24.1 Å². The molecule has 6 nitrogen and oxygen atoms in total. The number of hydrogen-bond donors (Lipinski definition) is 2. The number of rotatable bonds is 8. The summed E-state index contributed by atoms with van der Waals surface area (Å²) >= 11 is 0. The molecular formula is C16H21NO5. The van der Waals surface area contributed by atoms with Gasteiger partial charge in [-0.25, -0.2) is 4.79 Å². The predicted octanol–water partition coefficient (Wildman–Crippen LogP) is 2.10. The molecule has 120 valence electrons. The minimum absolute atomic E-state index is 0.224. The van der Waals surface area contributed by atoms with E-state index in [0.29, 0.717) is 23.7 Å². The Bertz CT molecular complexity index is 553. The lowest BCUT2D eigenvalue weighted by Crippen LogP contribution is -2.44. The average Bonchev–Trinajstić information content (AvgIpc) is 2.49. The Morgan fingerprint density at radius 2 is 2.05 bits per heavy atom. The molecule has 0 saturated heterocycles. The standard InChI is InChI=1S/C16H21NO5/c1-5-8-22-12-7-6-11(9-13(12)21-4)15(18)17-14(10(2)3)16(19)20/h5-7,9-10,14H,1,8H2,2-4H3,(H,17,18)(H,19,20). The highest BCUT2D eigenvalue weighted by molar-refractivity contribution is 5.97. The summed E-state index contributed by atoms with van der Waals surface area (Å²) in [4.78, 5) is 23.3. The van der Waals surface area contributed by atoms with Crippen molar-refractivity contribution >= 4 is 11.9 Å². The molecule has 2 N–H and O–H groups in total. The van der Waals surface area contributed by atoms with Gasteiger partial charge in [0, 0.05) is 5.56 Å². The van der Waals surface area contributed by atoms with Crippen molar-refractivity contribution in [2.75, 3.05) is 13.7 Å². The second-order valence-electron chi connectivity index (χ2n) is 5.00. The summed E-state index contributed by atoms with van der Waals surface area (Å²) in [7, 11) is 1.46. The molecule has 0 fully saturated rings. The Labute approximate surface area is 129 Å². The summed E-state index contributed by atoms with van der Waals surface area (Å²) in [5.41, 5.74) is 0.301. The number of carbonyl (C=O) groups excluding carboxylic acids is 1. The fraction of sp³-hybridized carbons (Fsp3) is 0.375. The van der Waals surface area contributed by atoms with Crippen LogP contribution >= 0.6 is 0 Å². The summed E-state index contributed by atoms with van der Waals surface area (Å²) in [5.74, 6) is -0.891. The number of nitrogens with one attached hydrogen (secondary N) is 1. The monoisotopic (exact) mass is 307 g/mol. The van der Waals surface area contributed by atoms with Gasteiger partial charge >= 0.3 is 5.97 Å². The van der Waals surface area contributed by atoms with E-state index in [2.05, 4.69) is 11.9 Å². The van der Waals surface area contributed by atoms with E-state index in [-0.39, 0.29) is 5.92 Å². The lowest BCUT2D eigenvalue weighted by Gasteiger charge is -2.18. The van der Waals surface area contributed by atoms with Crippen molar-refractivity contribution in [3.63, 3.8) is 0 Å². The number of ether oxygens (including phenoxy) is 2. The third kappa shape index (κ3) is 4.51. The molecule has 6 heteroatoms. The van der Waals surface area contributed by atoms with E-state index in [9.17, 15) is 9.59 Å². The molecule has 1 atom stereocenters. The second-order valence-corrected chi connectivity index (χ2v) is 5.00. The van der Waals surface area contributed by atoms with Crippen molar-refractivity contribution < 1.29 is 24.2 Å². The number of aliphatic carboxylic acids is 1. The van der Waals surface area contributed by atoms with Gasteiger partial charge in [0.25, 0.3) is 5.91 Å². The maximum absolute atomic E-state index is 12.2. The van der Waals surface area contributed by atoms with Crippen LogP contribution in [0.4, 0.5) is 0 Å². The molecule has 1 unspecified atom stereocenters. The average molecular weight is 307 g/mol. The van der Waals surface area contributed by atoms with Crippen LogP contribution in [0.5, 0.6) is 11.5 Å². The second kappa shape index (κ2) is 8.07. The van der Waals surface area contributed by atoms with Gasteiger partial charge in [0.05, 0.1) is 7.11 Å². The highest BCUT2D eigenvalue weighted by atomic mass is 16.5. The maximum atomic E-state index is 12.2. The first-order valence-corrected chi connectivity index (χ1v) is 6.86. The smallest absolute Gasteiger partial charge is 0.326 e. The Kier molecular flexibility index (Phi) is 6.44. The zero-order chi connectivity index (χ0) is 16.7. The van der Waals surface area contributed by atoms with Gasteiger partial charge in [-0.15, -0.1) is 0 Å². The van der Waals surface area contributed by atoms with Gasteiger partial charge in [-0.1, -0.05) is 26.5 Å². The van der Waals surface area contributed by atoms with Gasteiger partial charge in [0.2, 0.25) is 0 Å². The number of carboxylic acid groups (broad SMARTS) is 1. The van der Waals surface area contributed by atoms with Gasteiger partial charge in [-0.2, -0.15) is 0 Å². The molecule has 0 saturated carbocycles. The lowest BCUT2D eigenvalue weighted by atomic mass is 10.0. The number of hydrogen-bond acceptors (Lipinski definition) is 4.